The van der Waals surface area contributed by atoms with Gasteiger partial charge < -0.3 is 5.32 Å². The lowest BCUT2D eigenvalue weighted by molar-refractivity contribution is 0.730. The van der Waals surface area contributed by atoms with E-state index in [1.54, 1.807) is 0 Å². The minimum atomic E-state index is 0.584. The number of hydrogen-bond donors (Lipinski definition) is 1. The van der Waals surface area contributed by atoms with Gasteiger partial charge in [-0.1, -0.05) is 13.8 Å². The van der Waals surface area contributed by atoms with Crippen LogP contribution in [0.1, 0.15) is 47.6 Å². The predicted molar refractivity (Wildman–Crippen MR) is 90.4 cm³/mol. The van der Waals surface area contributed by atoms with Gasteiger partial charge in [-0.05, 0) is 44.2 Å². The molecule has 0 amide bonds. The zero-order valence-corrected chi connectivity index (χ0v) is 14.6. The van der Waals surface area contributed by atoms with Crippen LogP contribution in [-0.2, 0) is 26.3 Å². The fourth-order valence-electron chi connectivity index (χ4n) is 2.90. The van der Waals surface area contributed by atoms with Crippen molar-refractivity contribution in [3.8, 4) is 6.07 Å². The van der Waals surface area contributed by atoms with E-state index < -0.39 is 0 Å². The monoisotopic (exact) mass is 312 g/mol. The summed E-state index contributed by atoms with van der Waals surface area (Å²) in [5.41, 5.74) is 6.00. The Morgan fingerprint density at radius 3 is 2.39 bits per heavy atom. The number of nitriles is 1. The third kappa shape index (κ3) is 3.34. The summed E-state index contributed by atoms with van der Waals surface area (Å²) in [6.45, 7) is 8.87. The van der Waals surface area contributed by atoms with Crippen molar-refractivity contribution in [1.29, 1.82) is 5.26 Å². The number of aryl methyl sites for hydroxylation is 3. The third-order valence-electron chi connectivity index (χ3n) is 4.28. The quantitative estimate of drug-likeness (QED) is 0.886. The smallest absolute Gasteiger partial charge is 0.166 e. The van der Waals surface area contributed by atoms with Crippen LogP contribution in [0, 0.1) is 25.2 Å². The summed E-state index contributed by atoms with van der Waals surface area (Å²) in [6, 6.07) is 2.28. The van der Waals surface area contributed by atoms with E-state index in [4.69, 9.17) is 0 Å². The van der Waals surface area contributed by atoms with Gasteiger partial charge in [-0.25, -0.2) is 0 Å². The summed E-state index contributed by atoms with van der Waals surface area (Å²) in [5.74, 6) is 0.584. The van der Waals surface area contributed by atoms with Gasteiger partial charge in [0.05, 0.1) is 11.4 Å². The van der Waals surface area contributed by atoms with Gasteiger partial charge in [-0.2, -0.15) is 15.5 Å². The molecule has 0 saturated carbocycles. The first kappa shape index (κ1) is 16.9. The summed E-state index contributed by atoms with van der Waals surface area (Å²) < 4.78 is 1.90. The molecule has 6 heteroatoms. The molecular weight excluding hydrogens is 288 g/mol. The second kappa shape index (κ2) is 7.23. The third-order valence-corrected chi connectivity index (χ3v) is 4.28. The van der Waals surface area contributed by atoms with Crippen molar-refractivity contribution in [2.75, 3.05) is 11.9 Å². The molecule has 0 aromatic carbocycles. The molecule has 1 N–H and O–H groups in total. The normalized spacial score (nSPS) is 10.6. The summed E-state index contributed by atoms with van der Waals surface area (Å²) in [7, 11) is 1.95. The van der Waals surface area contributed by atoms with E-state index in [0.29, 0.717) is 17.9 Å². The molecular formula is C17H24N6. The Labute approximate surface area is 137 Å². The minimum absolute atomic E-state index is 0.584. The highest BCUT2D eigenvalue weighted by Gasteiger charge is 2.14. The molecule has 2 aromatic heterocycles. The van der Waals surface area contributed by atoms with Gasteiger partial charge >= 0.3 is 0 Å². The van der Waals surface area contributed by atoms with Crippen LogP contribution in [0.3, 0.4) is 0 Å². The Morgan fingerprint density at radius 1 is 1.13 bits per heavy atom. The fourth-order valence-corrected chi connectivity index (χ4v) is 2.90. The van der Waals surface area contributed by atoms with E-state index in [-0.39, 0.29) is 0 Å². The Bertz CT molecular complexity index is 739. The standard InChI is InChI=1S/C17H24N6/c1-6-13-15(10-18)17(21-20-16(13)7-2)19-9-8-14-11(3)22-23(5)12(14)4/h6-9H2,1-5H3,(H,19,21). The molecule has 0 radical (unpaired) electrons. The fraction of sp³-hybridized carbons (Fsp3) is 0.529. The lowest BCUT2D eigenvalue weighted by Crippen LogP contribution is -2.12. The summed E-state index contributed by atoms with van der Waals surface area (Å²) in [5, 5.41) is 25.7. The lowest BCUT2D eigenvalue weighted by Gasteiger charge is -2.12. The van der Waals surface area contributed by atoms with Gasteiger partial charge in [0.2, 0.25) is 0 Å². The van der Waals surface area contributed by atoms with E-state index in [1.807, 2.05) is 32.5 Å². The molecule has 6 nitrogen and oxygen atoms in total. The molecule has 23 heavy (non-hydrogen) atoms. The number of nitrogens with zero attached hydrogens (tertiary/aromatic N) is 5. The first-order valence-corrected chi connectivity index (χ1v) is 8.04. The second-order valence-corrected chi connectivity index (χ2v) is 5.62. The van der Waals surface area contributed by atoms with Gasteiger partial charge in [0.25, 0.3) is 0 Å². The van der Waals surface area contributed by atoms with E-state index in [1.165, 1.54) is 11.3 Å². The topological polar surface area (TPSA) is 79.4 Å². The van der Waals surface area contributed by atoms with Crippen molar-refractivity contribution in [2.45, 2.75) is 47.0 Å². The van der Waals surface area contributed by atoms with E-state index in [0.717, 1.165) is 36.2 Å². The summed E-state index contributed by atoms with van der Waals surface area (Å²) in [6.07, 6.45) is 2.42. The van der Waals surface area contributed by atoms with Crippen LogP contribution < -0.4 is 5.32 Å². The highest BCUT2D eigenvalue weighted by Crippen LogP contribution is 2.20. The van der Waals surface area contributed by atoms with Crippen molar-refractivity contribution in [1.82, 2.24) is 20.0 Å². The number of hydrogen-bond acceptors (Lipinski definition) is 5. The van der Waals surface area contributed by atoms with Crippen LogP contribution in [0.5, 0.6) is 0 Å². The molecule has 0 aliphatic heterocycles. The number of aromatic nitrogens is 4. The number of anilines is 1. The number of rotatable bonds is 6. The van der Waals surface area contributed by atoms with Crippen molar-refractivity contribution >= 4 is 5.82 Å². The highest BCUT2D eigenvalue weighted by molar-refractivity contribution is 5.56. The number of nitrogens with one attached hydrogen (secondary N) is 1. The van der Waals surface area contributed by atoms with Gasteiger partial charge in [-0.15, -0.1) is 5.10 Å². The van der Waals surface area contributed by atoms with Crippen molar-refractivity contribution in [3.63, 3.8) is 0 Å². The molecule has 2 rings (SSSR count). The van der Waals surface area contributed by atoms with Crippen LogP contribution in [0.2, 0.25) is 0 Å². The molecule has 0 aliphatic rings. The molecule has 0 aliphatic carbocycles. The van der Waals surface area contributed by atoms with E-state index in [9.17, 15) is 5.26 Å². The van der Waals surface area contributed by atoms with Crippen LogP contribution >= 0.6 is 0 Å². The molecule has 0 atom stereocenters. The molecule has 0 fully saturated rings. The molecule has 0 spiro atoms. The molecule has 2 aromatic rings. The van der Waals surface area contributed by atoms with Gasteiger partial charge in [0.15, 0.2) is 5.82 Å². The van der Waals surface area contributed by atoms with Crippen LogP contribution in [0.25, 0.3) is 0 Å². The first-order chi connectivity index (χ1) is 11.0. The highest BCUT2D eigenvalue weighted by atomic mass is 15.3. The Balaban J connectivity index is 2.16. The van der Waals surface area contributed by atoms with Crippen molar-refractivity contribution in [3.05, 3.63) is 33.8 Å². The van der Waals surface area contributed by atoms with E-state index in [2.05, 4.69) is 33.6 Å². The lowest BCUT2D eigenvalue weighted by atomic mass is 10.0. The zero-order valence-electron chi connectivity index (χ0n) is 14.6. The first-order valence-electron chi connectivity index (χ1n) is 8.04. The van der Waals surface area contributed by atoms with Crippen molar-refractivity contribution < 1.29 is 0 Å². The maximum absolute atomic E-state index is 9.49. The predicted octanol–water partition coefficient (Wildman–Crippen LogP) is 2.48. The van der Waals surface area contributed by atoms with Crippen LogP contribution in [0.15, 0.2) is 0 Å². The molecule has 0 bridgehead atoms. The average Bonchev–Trinajstić information content (AvgIpc) is 2.79. The van der Waals surface area contributed by atoms with Gasteiger partial charge in [0.1, 0.15) is 11.6 Å². The second-order valence-electron chi connectivity index (χ2n) is 5.62. The largest absolute Gasteiger partial charge is 0.367 e. The summed E-state index contributed by atoms with van der Waals surface area (Å²) >= 11 is 0. The Kier molecular flexibility index (Phi) is 5.32. The van der Waals surface area contributed by atoms with E-state index >= 15 is 0 Å². The summed E-state index contributed by atoms with van der Waals surface area (Å²) in [4.78, 5) is 0. The Hall–Kier alpha value is -2.42. The van der Waals surface area contributed by atoms with Crippen LogP contribution in [-0.4, -0.2) is 26.5 Å². The van der Waals surface area contributed by atoms with Gasteiger partial charge in [0, 0.05) is 19.3 Å². The van der Waals surface area contributed by atoms with Crippen LogP contribution in [0.4, 0.5) is 5.82 Å². The maximum Gasteiger partial charge on any atom is 0.166 e. The van der Waals surface area contributed by atoms with Crippen molar-refractivity contribution in [2.24, 2.45) is 7.05 Å². The zero-order chi connectivity index (χ0) is 17.0. The average molecular weight is 312 g/mol. The maximum atomic E-state index is 9.49. The van der Waals surface area contributed by atoms with Gasteiger partial charge in [-0.3, -0.25) is 4.68 Å². The molecule has 2 heterocycles. The minimum Gasteiger partial charge on any atom is -0.367 e. The SMILES string of the molecule is CCc1nnc(NCCc2c(C)nn(C)c2C)c(C#N)c1CC. The molecule has 0 saturated heterocycles. The molecule has 122 valence electrons. The Morgan fingerprint density at radius 2 is 1.87 bits per heavy atom. The molecule has 0 unspecified atom stereocenters.